The van der Waals surface area contributed by atoms with Gasteiger partial charge < -0.3 is 18.9 Å². The van der Waals surface area contributed by atoms with Crippen LogP contribution in [-0.4, -0.2) is 40.6 Å². The Hall–Kier alpha value is -1.78. The van der Waals surface area contributed by atoms with Crippen molar-refractivity contribution in [1.82, 2.24) is 0 Å². The van der Waals surface area contributed by atoms with E-state index in [9.17, 15) is 0 Å². The third kappa shape index (κ3) is 3.90. The SMILES string of the molecule is CCc1cc(OCCOC)c2ccccc2c1OCCOC. The third-order valence-electron chi connectivity index (χ3n) is 3.49. The van der Waals surface area contributed by atoms with Crippen LogP contribution in [0.3, 0.4) is 0 Å². The number of rotatable bonds is 9. The van der Waals surface area contributed by atoms with Crippen LogP contribution in [0.5, 0.6) is 11.5 Å². The molecule has 0 aliphatic carbocycles. The van der Waals surface area contributed by atoms with Gasteiger partial charge in [-0.2, -0.15) is 0 Å². The standard InChI is InChI=1S/C18H24O4/c1-4-14-13-17(21-11-9-19-2)15-7-5-6-8-16(15)18(14)22-12-10-20-3/h5-8,13H,4,9-12H2,1-3H3. The number of hydrogen-bond donors (Lipinski definition) is 0. The normalized spacial score (nSPS) is 10.9. The van der Waals surface area contributed by atoms with E-state index in [-0.39, 0.29) is 0 Å². The predicted octanol–water partition coefficient (Wildman–Crippen LogP) is 3.45. The molecule has 2 aromatic rings. The van der Waals surface area contributed by atoms with Gasteiger partial charge in [-0.3, -0.25) is 0 Å². The maximum atomic E-state index is 5.96. The molecule has 0 fully saturated rings. The molecule has 2 rings (SSSR count). The predicted molar refractivity (Wildman–Crippen MR) is 88.1 cm³/mol. The van der Waals surface area contributed by atoms with Gasteiger partial charge in [0.2, 0.25) is 0 Å². The van der Waals surface area contributed by atoms with Crippen LogP contribution in [0.15, 0.2) is 30.3 Å². The molecule has 0 aliphatic heterocycles. The summed E-state index contributed by atoms with van der Waals surface area (Å²) >= 11 is 0. The third-order valence-corrected chi connectivity index (χ3v) is 3.49. The van der Waals surface area contributed by atoms with E-state index in [1.807, 2.05) is 12.1 Å². The largest absolute Gasteiger partial charge is 0.491 e. The van der Waals surface area contributed by atoms with Crippen LogP contribution in [0.1, 0.15) is 12.5 Å². The zero-order chi connectivity index (χ0) is 15.8. The van der Waals surface area contributed by atoms with Crippen molar-refractivity contribution in [3.05, 3.63) is 35.9 Å². The van der Waals surface area contributed by atoms with Gasteiger partial charge in [0.25, 0.3) is 0 Å². The molecular weight excluding hydrogens is 280 g/mol. The Morgan fingerprint density at radius 2 is 1.45 bits per heavy atom. The minimum atomic E-state index is 0.535. The first-order valence-corrected chi connectivity index (χ1v) is 7.59. The van der Waals surface area contributed by atoms with E-state index in [0.717, 1.165) is 34.3 Å². The summed E-state index contributed by atoms with van der Waals surface area (Å²) in [6.07, 6.45) is 0.883. The summed E-state index contributed by atoms with van der Waals surface area (Å²) in [5.41, 5.74) is 1.14. The number of hydrogen-bond acceptors (Lipinski definition) is 4. The van der Waals surface area contributed by atoms with Crippen molar-refractivity contribution >= 4 is 10.8 Å². The Morgan fingerprint density at radius 3 is 2.09 bits per heavy atom. The fraction of sp³-hybridized carbons (Fsp3) is 0.444. The van der Waals surface area contributed by atoms with E-state index in [1.165, 1.54) is 0 Å². The Balaban J connectivity index is 2.39. The lowest BCUT2D eigenvalue weighted by molar-refractivity contribution is 0.145. The van der Waals surface area contributed by atoms with E-state index in [2.05, 4.69) is 25.1 Å². The molecule has 4 nitrogen and oxygen atoms in total. The molecule has 0 bridgehead atoms. The van der Waals surface area contributed by atoms with Gasteiger partial charge in [0.05, 0.1) is 13.2 Å². The number of methoxy groups -OCH3 is 2. The van der Waals surface area contributed by atoms with Gasteiger partial charge in [-0.15, -0.1) is 0 Å². The summed E-state index contributed by atoms with van der Waals surface area (Å²) in [4.78, 5) is 0. The van der Waals surface area contributed by atoms with E-state index in [0.29, 0.717) is 26.4 Å². The molecule has 0 heterocycles. The molecule has 0 saturated heterocycles. The van der Waals surface area contributed by atoms with Gasteiger partial charge in [-0.25, -0.2) is 0 Å². The molecule has 0 radical (unpaired) electrons. The van der Waals surface area contributed by atoms with Crippen molar-refractivity contribution in [2.24, 2.45) is 0 Å². The first kappa shape index (κ1) is 16.6. The molecule has 0 atom stereocenters. The van der Waals surface area contributed by atoms with E-state index in [1.54, 1.807) is 14.2 Å². The lowest BCUT2D eigenvalue weighted by atomic mass is 10.0. The first-order chi connectivity index (χ1) is 10.8. The van der Waals surface area contributed by atoms with Gasteiger partial charge >= 0.3 is 0 Å². The molecule has 22 heavy (non-hydrogen) atoms. The molecule has 2 aromatic carbocycles. The summed E-state index contributed by atoms with van der Waals surface area (Å²) < 4.78 is 22.0. The molecule has 0 spiro atoms. The van der Waals surface area contributed by atoms with Crippen LogP contribution in [0, 0.1) is 0 Å². The monoisotopic (exact) mass is 304 g/mol. The molecule has 0 aliphatic rings. The smallest absolute Gasteiger partial charge is 0.130 e. The maximum absolute atomic E-state index is 5.96. The number of fused-ring (bicyclic) bond motifs is 1. The van der Waals surface area contributed by atoms with Gasteiger partial charge in [-0.1, -0.05) is 31.2 Å². The van der Waals surface area contributed by atoms with Crippen molar-refractivity contribution in [2.45, 2.75) is 13.3 Å². The van der Waals surface area contributed by atoms with Crippen molar-refractivity contribution in [3.8, 4) is 11.5 Å². The van der Waals surface area contributed by atoms with Crippen LogP contribution in [0.2, 0.25) is 0 Å². The maximum Gasteiger partial charge on any atom is 0.130 e. The first-order valence-electron chi connectivity index (χ1n) is 7.59. The average Bonchev–Trinajstić information content (AvgIpc) is 2.56. The Bertz CT molecular complexity index is 595. The zero-order valence-electron chi connectivity index (χ0n) is 13.6. The summed E-state index contributed by atoms with van der Waals surface area (Å²) in [5, 5.41) is 2.13. The minimum absolute atomic E-state index is 0.535. The van der Waals surface area contributed by atoms with Gasteiger partial charge in [0.1, 0.15) is 24.7 Å². The molecule has 0 aromatic heterocycles. The highest BCUT2D eigenvalue weighted by molar-refractivity contribution is 5.94. The van der Waals surface area contributed by atoms with E-state index < -0.39 is 0 Å². The Labute approximate surface area is 131 Å². The van der Waals surface area contributed by atoms with Gasteiger partial charge in [0, 0.05) is 25.0 Å². The minimum Gasteiger partial charge on any atom is -0.491 e. The van der Waals surface area contributed by atoms with E-state index >= 15 is 0 Å². The van der Waals surface area contributed by atoms with Crippen molar-refractivity contribution in [1.29, 1.82) is 0 Å². The second-order valence-corrected chi connectivity index (χ2v) is 4.94. The van der Waals surface area contributed by atoms with Gasteiger partial charge in [-0.05, 0) is 18.1 Å². The van der Waals surface area contributed by atoms with Crippen LogP contribution in [-0.2, 0) is 15.9 Å². The quantitative estimate of drug-likeness (QED) is 0.665. The van der Waals surface area contributed by atoms with Crippen LogP contribution < -0.4 is 9.47 Å². The van der Waals surface area contributed by atoms with Crippen molar-refractivity contribution in [3.63, 3.8) is 0 Å². The Kier molecular flexibility index (Phi) is 6.49. The van der Waals surface area contributed by atoms with Gasteiger partial charge in [0.15, 0.2) is 0 Å². The summed E-state index contributed by atoms with van der Waals surface area (Å²) in [6.45, 7) is 4.34. The Morgan fingerprint density at radius 1 is 0.818 bits per heavy atom. The fourth-order valence-electron chi connectivity index (χ4n) is 2.39. The molecular formula is C18H24O4. The fourth-order valence-corrected chi connectivity index (χ4v) is 2.39. The molecule has 0 saturated carbocycles. The number of ether oxygens (including phenoxy) is 4. The summed E-state index contributed by atoms with van der Waals surface area (Å²) in [6, 6.07) is 10.2. The second-order valence-electron chi connectivity index (χ2n) is 4.94. The van der Waals surface area contributed by atoms with E-state index in [4.69, 9.17) is 18.9 Å². The van der Waals surface area contributed by atoms with Crippen LogP contribution in [0.4, 0.5) is 0 Å². The summed E-state index contributed by atoms with van der Waals surface area (Å²) in [7, 11) is 3.35. The molecule has 4 heteroatoms. The zero-order valence-corrected chi connectivity index (χ0v) is 13.6. The molecule has 120 valence electrons. The highest BCUT2D eigenvalue weighted by atomic mass is 16.5. The number of benzene rings is 2. The highest BCUT2D eigenvalue weighted by Crippen LogP contribution is 2.37. The molecule has 0 unspecified atom stereocenters. The van der Waals surface area contributed by atoms with Crippen molar-refractivity contribution < 1.29 is 18.9 Å². The lowest BCUT2D eigenvalue weighted by Gasteiger charge is -2.17. The highest BCUT2D eigenvalue weighted by Gasteiger charge is 2.13. The van der Waals surface area contributed by atoms with Crippen LogP contribution >= 0.6 is 0 Å². The molecule has 0 amide bonds. The van der Waals surface area contributed by atoms with Crippen LogP contribution in [0.25, 0.3) is 10.8 Å². The lowest BCUT2D eigenvalue weighted by Crippen LogP contribution is -2.08. The topological polar surface area (TPSA) is 36.9 Å². The average molecular weight is 304 g/mol. The molecule has 0 N–H and O–H groups in total. The second kappa shape index (κ2) is 8.61. The number of aryl methyl sites for hydroxylation is 1. The summed E-state index contributed by atoms with van der Waals surface area (Å²) in [5.74, 6) is 1.80. The van der Waals surface area contributed by atoms with Crippen molar-refractivity contribution in [2.75, 3.05) is 40.6 Å².